The van der Waals surface area contributed by atoms with Crippen LogP contribution in [0.5, 0.6) is 5.75 Å². The molecule has 1 aliphatic rings. The van der Waals surface area contributed by atoms with Crippen molar-refractivity contribution in [2.24, 2.45) is 5.92 Å². The van der Waals surface area contributed by atoms with E-state index in [0.29, 0.717) is 11.4 Å². The van der Waals surface area contributed by atoms with Gasteiger partial charge in [-0.15, -0.1) is 0 Å². The zero-order valence-electron chi connectivity index (χ0n) is 12.7. The van der Waals surface area contributed by atoms with Gasteiger partial charge in [0.2, 0.25) is 0 Å². The third kappa shape index (κ3) is 4.37. The lowest BCUT2D eigenvalue weighted by atomic mass is 9.97. The van der Waals surface area contributed by atoms with Gasteiger partial charge in [-0.25, -0.2) is 0 Å². The largest absolute Gasteiger partial charge is 0.492 e. The number of hydrogen-bond donors (Lipinski definition) is 1. The number of amides is 1. The molecule has 22 heavy (non-hydrogen) atoms. The van der Waals surface area contributed by atoms with Crippen LogP contribution in [0.15, 0.2) is 18.2 Å². The summed E-state index contributed by atoms with van der Waals surface area (Å²) in [7, 11) is 0. The Hall–Kier alpha value is -1.75. The van der Waals surface area contributed by atoms with Crippen LogP contribution in [-0.4, -0.2) is 31.1 Å². The monoisotopic (exact) mass is 325 g/mol. The number of hydrogen-bond acceptors (Lipinski definition) is 4. The Balaban J connectivity index is 1.85. The fraction of sp³-hybridized carbons (Fsp3) is 0.500. The van der Waals surface area contributed by atoms with Gasteiger partial charge in [0.25, 0.3) is 5.91 Å². The lowest BCUT2D eigenvalue weighted by Crippen LogP contribution is -2.37. The zero-order chi connectivity index (χ0) is 16.1. The number of carbonyl (C=O) groups excluding carboxylic acids is 2. The number of ether oxygens (including phenoxy) is 2. The van der Waals surface area contributed by atoms with Crippen LogP contribution >= 0.6 is 11.6 Å². The molecule has 0 saturated heterocycles. The molecular formula is C16H20ClNO4. The molecule has 1 aromatic rings. The summed E-state index contributed by atoms with van der Waals surface area (Å²) in [4.78, 5) is 23.6. The minimum Gasteiger partial charge on any atom is -0.492 e. The van der Waals surface area contributed by atoms with Crippen molar-refractivity contribution >= 4 is 23.5 Å². The normalized spacial score (nSPS) is 17.9. The van der Waals surface area contributed by atoms with Crippen molar-refractivity contribution in [2.45, 2.75) is 32.7 Å². The molecule has 0 bridgehead atoms. The standard InChI is InChI=1S/C16H20ClNO4/c1-3-10(2)18-15(19)9-22-16(20)12-6-11-7-13(17)4-5-14(11)21-8-12/h4-5,7,10,12H,3,6,8-9H2,1-2H3,(H,18,19)/t10-,12+/m0/s1. The molecule has 0 spiro atoms. The van der Waals surface area contributed by atoms with Gasteiger partial charge in [-0.05, 0) is 43.5 Å². The number of esters is 1. The summed E-state index contributed by atoms with van der Waals surface area (Å²) in [6.07, 6.45) is 1.33. The second-order valence-corrected chi connectivity index (χ2v) is 5.89. The van der Waals surface area contributed by atoms with Gasteiger partial charge in [0.15, 0.2) is 6.61 Å². The van der Waals surface area contributed by atoms with Gasteiger partial charge in [-0.1, -0.05) is 18.5 Å². The summed E-state index contributed by atoms with van der Waals surface area (Å²) in [5.41, 5.74) is 0.879. The summed E-state index contributed by atoms with van der Waals surface area (Å²) in [5.74, 6) is -0.391. The molecule has 5 nitrogen and oxygen atoms in total. The first-order chi connectivity index (χ1) is 10.5. The van der Waals surface area contributed by atoms with Gasteiger partial charge in [0, 0.05) is 11.1 Å². The van der Waals surface area contributed by atoms with E-state index in [1.165, 1.54) is 0 Å². The molecule has 0 radical (unpaired) electrons. The topological polar surface area (TPSA) is 64.6 Å². The summed E-state index contributed by atoms with van der Waals surface area (Å²) in [6.45, 7) is 3.86. The Morgan fingerprint density at radius 2 is 2.27 bits per heavy atom. The van der Waals surface area contributed by atoms with Crippen molar-refractivity contribution in [1.29, 1.82) is 0 Å². The van der Waals surface area contributed by atoms with Crippen LogP contribution in [0, 0.1) is 5.92 Å². The number of carbonyl (C=O) groups is 2. The van der Waals surface area contributed by atoms with E-state index in [4.69, 9.17) is 21.1 Å². The van der Waals surface area contributed by atoms with E-state index >= 15 is 0 Å². The Labute approximate surface area is 134 Å². The van der Waals surface area contributed by atoms with Crippen LogP contribution in [0.2, 0.25) is 5.02 Å². The highest BCUT2D eigenvalue weighted by Gasteiger charge is 2.28. The lowest BCUT2D eigenvalue weighted by Gasteiger charge is -2.24. The van der Waals surface area contributed by atoms with Gasteiger partial charge in [0.05, 0.1) is 5.92 Å². The predicted molar refractivity (Wildman–Crippen MR) is 83.0 cm³/mol. The maximum atomic E-state index is 12.0. The highest BCUT2D eigenvalue weighted by atomic mass is 35.5. The van der Waals surface area contributed by atoms with E-state index in [0.717, 1.165) is 17.7 Å². The number of nitrogens with one attached hydrogen (secondary N) is 1. The fourth-order valence-electron chi connectivity index (χ4n) is 2.19. The molecule has 2 rings (SSSR count). The molecule has 1 N–H and O–H groups in total. The van der Waals surface area contributed by atoms with Gasteiger partial charge < -0.3 is 14.8 Å². The van der Waals surface area contributed by atoms with Crippen LogP contribution in [0.1, 0.15) is 25.8 Å². The number of halogens is 1. The highest BCUT2D eigenvalue weighted by molar-refractivity contribution is 6.30. The van der Waals surface area contributed by atoms with E-state index in [1.54, 1.807) is 18.2 Å². The molecule has 2 atom stereocenters. The van der Waals surface area contributed by atoms with Crippen molar-refractivity contribution in [2.75, 3.05) is 13.2 Å². The van der Waals surface area contributed by atoms with Crippen molar-refractivity contribution < 1.29 is 19.1 Å². The summed E-state index contributed by atoms with van der Waals surface area (Å²) in [6, 6.07) is 5.39. The summed E-state index contributed by atoms with van der Waals surface area (Å²) >= 11 is 5.94. The van der Waals surface area contributed by atoms with Crippen molar-refractivity contribution in [1.82, 2.24) is 5.32 Å². The van der Waals surface area contributed by atoms with Crippen LogP contribution < -0.4 is 10.1 Å². The molecule has 1 aromatic carbocycles. The molecule has 0 fully saturated rings. The number of benzene rings is 1. The van der Waals surface area contributed by atoms with E-state index in [1.807, 2.05) is 13.8 Å². The van der Waals surface area contributed by atoms with Crippen molar-refractivity contribution in [3.8, 4) is 5.75 Å². The first-order valence-corrected chi connectivity index (χ1v) is 7.74. The molecule has 1 aliphatic heterocycles. The molecule has 1 heterocycles. The molecule has 0 aliphatic carbocycles. The minimum absolute atomic E-state index is 0.0678. The quantitative estimate of drug-likeness (QED) is 0.844. The number of rotatable bonds is 5. The second kappa shape index (κ2) is 7.49. The number of fused-ring (bicyclic) bond motifs is 1. The maximum absolute atomic E-state index is 12.0. The highest BCUT2D eigenvalue weighted by Crippen LogP contribution is 2.30. The maximum Gasteiger partial charge on any atom is 0.313 e. The van der Waals surface area contributed by atoms with Crippen LogP contribution in [0.3, 0.4) is 0 Å². The Morgan fingerprint density at radius 3 is 3.00 bits per heavy atom. The summed E-state index contributed by atoms with van der Waals surface area (Å²) in [5, 5.41) is 3.35. The molecule has 120 valence electrons. The molecular weight excluding hydrogens is 306 g/mol. The average Bonchev–Trinajstić information content (AvgIpc) is 2.51. The molecule has 0 unspecified atom stereocenters. The third-order valence-corrected chi connectivity index (χ3v) is 3.86. The summed E-state index contributed by atoms with van der Waals surface area (Å²) < 4.78 is 10.6. The lowest BCUT2D eigenvalue weighted by molar-refractivity contribution is -0.154. The third-order valence-electron chi connectivity index (χ3n) is 3.63. The average molecular weight is 326 g/mol. The minimum atomic E-state index is -0.426. The molecule has 1 amide bonds. The predicted octanol–water partition coefficient (Wildman–Crippen LogP) is 2.35. The van der Waals surface area contributed by atoms with E-state index in [-0.39, 0.29) is 25.2 Å². The van der Waals surface area contributed by atoms with Crippen molar-refractivity contribution in [3.63, 3.8) is 0 Å². The van der Waals surface area contributed by atoms with Gasteiger partial charge in [-0.3, -0.25) is 9.59 Å². The smallest absolute Gasteiger partial charge is 0.313 e. The molecule has 6 heteroatoms. The Kier molecular flexibility index (Phi) is 5.66. The van der Waals surface area contributed by atoms with Gasteiger partial charge in [0.1, 0.15) is 12.4 Å². The van der Waals surface area contributed by atoms with Gasteiger partial charge >= 0.3 is 5.97 Å². The van der Waals surface area contributed by atoms with E-state index in [9.17, 15) is 9.59 Å². The first-order valence-electron chi connectivity index (χ1n) is 7.36. The van der Waals surface area contributed by atoms with E-state index < -0.39 is 11.9 Å². The van der Waals surface area contributed by atoms with Crippen LogP contribution in [0.4, 0.5) is 0 Å². The Morgan fingerprint density at radius 1 is 1.50 bits per heavy atom. The SMILES string of the molecule is CC[C@H](C)NC(=O)COC(=O)[C@H]1COc2ccc(Cl)cc2C1. The molecule has 0 saturated carbocycles. The molecule has 0 aromatic heterocycles. The van der Waals surface area contributed by atoms with Gasteiger partial charge in [-0.2, -0.15) is 0 Å². The first kappa shape index (κ1) is 16.6. The second-order valence-electron chi connectivity index (χ2n) is 5.45. The van der Waals surface area contributed by atoms with Crippen LogP contribution in [0.25, 0.3) is 0 Å². The Bertz CT molecular complexity index is 561. The fourth-order valence-corrected chi connectivity index (χ4v) is 2.38. The zero-order valence-corrected chi connectivity index (χ0v) is 13.5. The van der Waals surface area contributed by atoms with Crippen LogP contribution in [-0.2, 0) is 20.7 Å². The van der Waals surface area contributed by atoms with Crippen molar-refractivity contribution in [3.05, 3.63) is 28.8 Å². The van der Waals surface area contributed by atoms with E-state index in [2.05, 4.69) is 5.32 Å².